The number of ether oxygens (including phenoxy) is 4. The van der Waals surface area contributed by atoms with E-state index in [-0.39, 0.29) is 37.2 Å². The van der Waals surface area contributed by atoms with E-state index in [4.69, 9.17) is 18.9 Å². The summed E-state index contributed by atoms with van der Waals surface area (Å²) in [6, 6.07) is 0. The van der Waals surface area contributed by atoms with E-state index >= 15 is 0 Å². The Morgan fingerprint density at radius 3 is 1.93 bits per heavy atom. The van der Waals surface area contributed by atoms with Crippen LogP contribution in [-0.2, 0) is 28.5 Å². The van der Waals surface area contributed by atoms with Crippen molar-refractivity contribution in [2.75, 3.05) is 46.1 Å². The summed E-state index contributed by atoms with van der Waals surface area (Å²) >= 11 is 0. The molecule has 8 nitrogen and oxygen atoms in total. The van der Waals surface area contributed by atoms with E-state index in [2.05, 4.69) is 11.8 Å². The van der Waals surface area contributed by atoms with Gasteiger partial charge in [-0.25, -0.2) is 4.79 Å². The van der Waals surface area contributed by atoms with Crippen LogP contribution < -0.4 is 0 Å². The minimum atomic E-state index is -0.726. The molecule has 5 aliphatic rings. The number of unbranched alkanes of at least 4 members (excludes halogenated alkanes) is 6. The van der Waals surface area contributed by atoms with Gasteiger partial charge < -0.3 is 23.8 Å². The lowest BCUT2D eigenvalue weighted by Gasteiger charge is -2.56. The van der Waals surface area contributed by atoms with Gasteiger partial charge in [-0.1, -0.05) is 45.4 Å². The molecule has 5 rings (SSSR count). The highest BCUT2D eigenvalue weighted by Crippen LogP contribution is 2.61. The highest BCUT2D eigenvalue weighted by Gasteiger charge is 2.51. The fourth-order valence-electron chi connectivity index (χ4n) is 8.41. The second-order valence-electron chi connectivity index (χ2n) is 14.0. The minimum Gasteiger partial charge on any atom is -0.465 e. The molecule has 0 radical (unpaired) electrons. The molecule has 4 bridgehead atoms. The quantitative estimate of drug-likeness (QED) is 0.0843. The van der Waals surface area contributed by atoms with Crippen LogP contribution >= 0.6 is 0 Å². The zero-order valence-corrected chi connectivity index (χ0v) is 26.3. The van der Waals surface area contributed by atoms with Gasteiger partial charge in [0, 0.05) is 13.0 Å². The Kier molecular flexibility index (Phi) is 13.7. The van der Waals surface area contributed by atoms with Gasteiger partial charge in [-0.2, -0.15) is 0 Å². The van der Waals surface area contributed by atoms with E-state index in [1.807, 2.05) is 0 Å². The van der Waals surface area contributed by atoms with Crippen molar-refractivity contribution in [1.29, 1.82) is 0 Å². The van der Waals surface area contributed by atoms with Crippen LogP contribution in [0.25, 0.3) is 0 Å². The van der Waals surface area contributed by atoms with Crippen LogP contribution in [0, 0.1) is 29.1 Å². The maximum Gasteiger partial charge on any atom is 0.508 e. The fraction of sp³-hybridized carbons (Fsp3) is 0.912. The smallest absolute Gasteiger partial charge is 0.465 e. The molecule has 8 heteroatoms. The Morgan fingerprint density at radius 2 is 1.29 bits per heavy atom. The summed E-state index contributed by atoms with van der Waals surface area (Å²) in [7, 11) is 0. The van der Waals surface area contributed by atoms with Crippen molar-refractivity contribution < 1.29 is 33.3 Å². The Hall–Kier alpha value is -1.83. The van der Waals surface area contributed by atoms with Gasteiger partial charge in [-0.15, -0.1) is 0 Å². The van der Waals surface area contributed by atoms with E-state index in [1.165, 1.54) is 57.8 Å². The average molecular weight is 592 g/mol. The van der Waals surface area contributed by atoms with Crippen LogP contribution in [0.4, 0.5) is 4.79 Å². The highest BCUT2D eigenvalue weighted by molar-refractivity contribution is 5.70. The van der Waals surface area contributed by atoms with Gasteiger partial charge in [-0.05, 0) is 100 Å². The number of esters is 2. The van der Waals surface area contributed by atoms with Gasteiger partial charge in [0.15, 0.2) is 0 Å². The van der Waals surface area contributed by atoms with Crippen LogP contribution in [0.5, 0.6) is 0 Å². The summed E-state index contributed by atoms with van der Waals surface area (Å²) in [6.45, 7) is 5.78. The first-order valence-electron chi connectivity index (χ1n) is 17.3. The molecule has 4 aliphatic carbocycles. The molecular formula is C34H57NO7. The van der Waals surface area contributed by atoms with Crippen molar-refractivity contribution in [3.05, 3.63) is 0 Å². The minimum absolute atomic E-state index is 0.0136. The van der Waals surface area contributed by atoms with Gasteiger partial charge >= 0.3 is 18.1 Å². The third-order valence-corrected chi connectivity index (χ3v) is 10.1. The molecule has 1 heterocycles. The molecule has 1 aliphatic heterocycles. The molecule has 0 N–H and O–H groups in total. The number of hydrogen-bond acceptors (Lipinski definition) is 8. The largest absolute Gasteiger partial charge is 0.508 e. The van der Waals surface area contributed by atoms with Crippen LogP contribution in [0.15, 0.2) is 0 Å². The summed E-state index contributed by atoms with van der Waals surface area (Å²) in [4.78, 5) is 40.0. The van der Waals surface area contributed by atoms with Crippen molar-refractivity contribution in [2.45, 2.75) is 122 Å². The van der Waals surface area contributed by atoms with Crippen LogP contribution in [0.3, 0.4) is 0 Å². The molecule has 1 atom stereocenters. The third kappa shape index (κ3) is 11.3. The van der Waals surface area contributed by atoms with E-state index in [0.717, 1.165) is 82.3 Å². The predicted octanol–water partition coefficient (Wildman–Crippen LogP) is 7.08. The molecule has 240 valence electrons. The number of rotatable bonds is 20. The molecule has 42 heavy (non-hydrogen) atoms. The van der Waals surface area contributed by atoms with Crippen LogP contribution in [-0.4, -0.2) is 69.1 Å². The first-order chi connectivity index (χ1) is 20.4. The second kappa shape index (κ2) is 17.5. The van der Waals surface area contributed by atoms with Crippen LogP contribution in [0.1, 0.15) is 122 Å². The van der Waals surface area contributed by atoms with Crippen molar-refractivity contribution in [3.8, 4) is 0 Å². The van der Waals surface area contributed by atoms with E-state index in [1.54, 1.807) is 0 Å². The predicted molar refractivity (Wildman–Crippen MR) is 161 cm³/mol. The highest BCUT2D eigenvalue weighted by atomic mass is 16.7. The van der Waals surface area contributed by atoms with E-state index in [9.17, 15) is 14.4 Å². The molecular weight excluding hydrogens is 534 g/mol. The summed E-state index contributed by atoms with van der Waals surface area (Å²) in [5, 5.41) is 0. The monoisotopic (exact) mass is 591 g/mol. The number of nitrogens with zero attached hydrogens (tertiary/aromatic N) is 1. The van der Waals surface area contributed by atoms with Crippen molar-refractivity contribution >= 4 is 18.1 Å². The van der Waals surface area contributed by atoms with Gasteiger partial charge in [0.1, 0.15) is 19.8 Å². The van der Waals surface area contributed by atoms with E-state index < -0.39 is 12.1 Å². The van der Waals surface area contributed by atoms with Crippen molar-refractivity contribution in [1.82, 2.24) is 4.90 Å². The summed E-state index contributed by atoms with van der Waals surface area (Å²) in [5.74, 6) is 1.49. The maximum atomic E-state index is 13.0. The molecule has 0 aromatic heterocycles. The number of likely N-dealkylation sites (tertiary alicyclic amines) is 1. The van der Waals surface area contributed by atoms with Gasteiger partial charge in [0.2, 0.25) is 0 Å². The Balaban J connectivity index is 1.16. The van der Waals surface area contributed by atoms with Gasteiger partial charge in [0.05, 0.1) is 18.9 Å². The number of hydrogen-bond donors (Lipinski definition) is 0. The lowest BCUT2D eigenvalue weighted by molar-refractivity contribution is -0.155. The zero-order chi connectivity index (χ0) is 29.6. The SMILES string of the molecule is CCCCCCCCCC(=O)OCC(COC(=O)CC12C[C@H]3C[C@H](C1)C[C@@H](C2)C3)COC(=O)OCCCN1CCCC1. The topological polar surface area (TPSA) is 91.4 Å². The lowest BCUT2D eigenvalue weighted by Crippen LogP contribution is -2.47. The first-order valence-corrected chi connectivity index (χ1v) is 17.3. The second-order valence-corrected chi connectivity index (χ2v) is 14.0. The molecule has 4 saturated carbocycles. The first kappa shape index (κ1) is 33.1. The summed E-state index contributed by atoms with van der Waals surface area (Å²) < 4.78 is 21.9. The molecule has 1 unspecified atom stereocenters. The molecule has 0 spiro atoms. The van der Waals surface area contributed by atoms with Gasteiger partial charge in [0.25, 0.3) is 0 Å². The number of carbonyl (C=O) groups is 3. The fourth-order valence-corrected chi connectivity index (χ4v) is 8.41. The summed E-state index contributed by atoms with van der Waals surface area (Å²) in [6.07, 6.45) is 18.8. The number of carbonyl (C=O) groups excluding carboxylic acids is 3. The standard InChI is InChI=1S/C34H57NO7/c1-2-3-4-5-6-7-8-12-31(36)40-24-30(26-42-33(38)39-16-11-15-35-13-9-10-14-35)25-41-32(37)23-34-20-27-17-28(21-34)19-29(18-27)22-34/h27-30H,2-26H2,1H3/t27-,28-,29-,30?,34?. The molecule has 0 aromatic rings. The molecule has 1 saturated heterocycles. The van der Waals surface area contributed by atoms with Crippen molar-refractivity contribution in [2.24, 2.45) is 29.1 Å². The molecule has 0 amide bonds. The zero-order valence-electron chi connectivity index (χ0n) is 26.3. The normalized spacial score (nSPS) is 27.1. The average Bonchev–Trinajstić information content (AvgIpc) is 3.47. The maximum absolute atomic E-state index is 13.0. The Labute approximate surface area is 253 Å². The Morgan fingerprint density at radius 1 is 0.714 bits per heavy atom. The van der Waals surface area contributed by atoms with E-state index in [0.29, 0.717) is 19.4 Å². The molecule has 0 aromatic carbocycles. The lowest BCUT2D eigenvalue weighted by atomic mass is 9.49. The summed E-state index contributed by atoms with van der Waals surface area (Å²) in [5.41, 5.74) is 0.111. The van der Waals surface area contributed by atoms with Crippen molar-refractivity contribution in [3.63, 3.8) is 0 Å². The Bertz CT molecular complexity index is 804. The third-order valence-electron chi connectivity index (χ3n) is 10.1. The molecule has 5 fully saturated rings. The van der Waals surface area contributed by atoms with Gasteiger partial charge in [-0.3, -0.25) is 9.59 Å². The van der Waals surface area contributed by atoms with Crippen LogP contribution in [0.2, 0.25) is 0 Å².